The molecule has 2 atom stereocenters. The number of hydrogen-bond acceptors (Lipinski definition) is 7. The van der Waals surface area contributed by atoms with Gasteiger partial charge in [0.2, 0.25) is 5.84 Å². The summed E-state index contributed by atoms with van der Waals surface area (Å²) in [5.41, 5.74) is 0.290. The predicted octanol–water partition coefficient (Wildman–Crippen LogP) is 3.23. The molecule has 9 nitrogen and oxygen atoms in total. The molecule has 0 bridgehead atoms. The van der Waals surface area contributed by atoms with Gasteiger partial charge in [-0.05, 0) is 41.0 Å². The minimum Gasteiger partial charge on any atom is -0.572 e. The second-order valence-corrected chi connectivity index (χ2v) is 9.35. The van der Waals surface area contributed by atoms with Gasteiger partial charge in [-0.25, -0.2) is 0 Å². The number of phenolic OH excluding ortho intramolecular Hbond substituents is 1. The number of para-hydroxylation sites is 1. The molecule has 174 valence electrons. The monoisotopic (exact) mass is 461 g/mol. The zero-order valence-corrected chi connectivity index (χ0v) is 20.0. The molecule has 0 saturated carbocycles. The average Bonchev–Trinajstić information content (AvgIpc) is 3.10. The average molecular weight is 462 g/mol. The molecular formula is C22H31N5O4S. The molecule has 0 aliphatic rings. The molecule has 0 radical (unpaired) electrons. The molecular weight excluding hydrogens is 430 g/mol. The van der Waals surface area contributed by atoms with Crippen LogP contribution in [0.25, 0.3) is 0 Å². The van der Waals surface area contributed by atoms with E-state index < -0.39 is 11.5 Å². The van der Waals surface area contributed by atoms with Gasteiger partial charge in [-0.3, -0.25) is 4.79 Å². The quantitative estimate of drug-likeness (QED) is 0.215. The number of nitrogens with two attached hydrogens (primary N) is 1. The fourth-order valence-corrected chi connectivity index (χ4v) is 3.33. The Labute approximate surface area is 191 Å². The minimum atomic E-state index is -2.05. The van der Waals surface area contributed by atoms with Crippen molar-refractivity contribution in [2.45, 2.75) is 33.7 Å². The fraction of sp³-hybridized carbons (Fsp3) is 0.364. The largest absolute Gasteiger partial charge is 0.572 e. The zero-order chi connectivity index (χ0) is 24.2. The van der Waals surface area contributed by atoms with Gasteiger partial charge in [0.05, 0.1) is 23.0 Å². The number of hydrogen-bond donors (Lipinski definition) is 4. The van der Waals surface area contributed by atoms with Gasteiger partial charge >= 0.3 is 0 Å². The van der Waals surface area contributed by atoms with Crippen LogP contribution in [0.1, 0.15) is 48.7 Å². The lowest BCUT2D eigenvalue weighted by Gasteiger charge is -2.31. The fourth-order valence-electron chi connectivity index (χ4n) is 2.99. The molecule has 5 N–H and O–H groups in total. The summed E-state index contributed by atoms with van der Waals surface area (Å²) < 4.78 is 21.4. The highest BCUT2D eigenvalue weighted by atomic mass is 32.2. The zero-order valence-electron chi connectivity index (χ0n) is 19.2. The van der Waals surface area contributed by atoms with Gasteiger partial charge < -0.3 is 29.6 Å². The molecule has 10 heteroatoms. The van der Waals surface area contributed by atoms with Crippen LogP contribution in [0.5, 0.6) is 5.75 Å². The maximum atomic E-state index is 12.3. The Bertz CT molecular complexity index is 1010. The van der Waals surface area contributed by atoms with E-state index in [9.17, 15) is 14.5 Å². The van der Waals surface area contributed by atoms with Gasteiger partial charge in [-0.2, -0.15) is 0 Å². The van der Waals surface area contributed by atoms with Gasteiger partial charge in [0.15, 0.2) is 17.3 Å². The lowest BCUT2D eigenvalue weighted by atomic mass is 9.85. The summed E-state index contributed by atoms with van der Waals surface area (Å²) in [5.74, 6) is 0.872. The molecule has 1 aromatic heterocycles. The van der Waals surface area contributed by atoms with Crippen molar-refractivity contribution in [3.63, 3.8) is 0 Å². The summed E-state index contributed by atoms with van der Waals surface area (Å²) in [6.07, 6.45) is 0. The molecule has 0 aliphatic carbocycles. The van der Waals surface area contributed by atoms with E-state index in [1.165, 1.54) is 11.0 Å². The van der Waals surface area contributed by atoms with Crippen LogP contribution >= 0.6 is 0 Å². The van der Waals surface area contributed by atoms with Gasteiger partial charge in [-0.15, -0.1) is 5.14 Å². The molecule has 0 saturated heterocycles. The van der Waals surface area contributed by atoms with Gasteiger partial charge in [0.1, 0.15) is 11.5 Å². The van der Waals surface area contributed by atoms with Crippen LogP contribution in [0.2, 0.25) is 0 Å². The number of carbonyl (C=O) groups is 1. The normalized spacial score (nSPS) is 13.9. The van der Waals surface area contributed by atoms with Gasteiger partial charge in [0.25, 0.3) is 5.91 Å². The number of amides is 1. The van der Waals surface area contributed by atoms with Gasteiger partial charge in [-0.1, -0.05) is 33.4 Å². The number of nitrogens with zero attached hydrogens (tertiary/aromatic N) is 2. The summed E-state index contributed by atoms with van der Waals surface area (Å²) in [6, 6.07) is 8.11. The molecule has 0 fully saturated rings. The van der Waals surface area contributed by atoms with Crippen molar-refractivity contribution in [2.24, 2.45) is 15.0 Å². The molecule has 1 aromatic carbocycles. The summed E-state index contributed by atoms with van der Waals surface area (Å²) in [5, 5.41) is 22.2. The number of rotatable bonds is 7. The highest BCUT2D eigenvalue weighted by molar-refractivity contribution is 7.88. The lowest BCUT2D eigenvalue weighted by molar-refractivity contribution is 0.0824. The maximum Gasteiger partial charge on any atom is 0.257 e. The number of nitrogens with one attached hydrogen (secondary N) is 2. The van der Waals surface area contributed by atoms with E-state index >= 15 is 0 Å². The first-order valence-electron chi connectivity index (χ1n) is 9.89. The van der Waals surface area contributed by atoms with Crippen LogP contribution in [0.4, 0.5) is 5.69 Å². The Kier molecular flexibility index (Phi) is 8.00. The Morgan fingerprint density at radius 1 is 1.31 bits per heavy atom. The molecule has 2 aromatic rings. The van der Waals surface area contributed by atoms with Crippen molar-refractivity contribution in [3.05, 3.63) is 59.7 Å². The summed E-state index contributed by atoms with van der Waals surface area (Å²) in [4.78, 5) is 13.7. The summed E-state index contributed by atoms with van der Waals surface area (Å²) in [6.45, 7) is 12.0. The van der Waals surface area contributed by atoms with Crippen LogP contribution in [-0.4, -0.2) is 40.4 Å². The smallest absolute Gasteiger partial charge is 0.257 e. The second-order valence-electron chi connectivity index (χ2n) is 8.61. The Morgan fingerprint density at radius 3 is 2.47 bits per heavy atom. The highest BCUT2D eigenvalue weighted by Gasteiger charge is 2.30. The molecule has 32 heavy (non-hydrogen) atoms. The van der Waals surface area contributed by atoms with Crippen LogP contribution < -0.4 is 15.8 Å². The Balaban J connectivity index is 2.38. The number of anilines is 1. The van der Waals surface area contributed by atoms with Gasteiger partial charge in [0, 0.05) is 14.1 Å². The van der Waals surface area contributed by atoms with Crippen molar-refractivity contribution in [3.8, 4) is 5.75 Å². The lowest BCUT2D eigenvalue weighted by Crippen LogP contribution is -2.36. The number of phenols is 1. The van der Waals surface area contributed by atoms with Crippen LogP contribution in [0.3, 0.4) is 0 Å². The number of aromatic hydroxyl groups is 1. The first-order chi connectivity index (χ1) is 14.8. The number of carbonyl (C=O) groups excluding carboxylic acids is 1. The molecule has 1 amide bonds. The van der Waals surface area contributed by atoms with Crippen LogP contribution in [0.15, 0.2) is 51.4 Å². The van der Waals surface area contributed by atoms with E-state index in [1.807, 2.05) is 39.8 Å². The second kappa shape index (κ2) is 10.1. The first-order valence-corrected chi connectivity index (χ1v) is 11.1. The molecule has 1 unspecified atom stereocenters. The van der Waals surface area contributed by atoms with E-state index in [-0.39, 0.29) is 45.9 Å². The highest BCUT2D eigenvalue weighted by Crippen LogP contribution is 2.35. The van der Waals surface area contributed by atoms with Crippen molar-refractivity contribution >= 4 is 29.0 Å². The first kappa shape index (κ1) is 25.3. The third-order valence-electron chi connectivity index (χ3n) is 4.62. The molecule has 0 aliphatic heterocycles. The summed E-state index contributed by atoms with van der Waals surface area (Å²) in [7, 11) is 3.17. The Morgan fingerprint density at radius 2 is 1.97 bits per heavy atom. The molecule has 0 spiro atoms. The van der Waals surface area contributed by atoms with Crippen molar-refractivity contribution in [2.75, 3.05) is 19.4 Å². The Hall–Kier alpha value is -2.95. The van der Waals surface area contributed by atoms with E-state index in [0.717, 1.165) is 5.76 Å². The SMILES string of the molecule is C=C(N[C@@H](c1ccc(C)o1)C(C)(C)C)C(=N[S+](N)[O-])Nc1cccc(C(=O)N(C)C)c1O. The van der Waals surface area contributed by atoms with E-state index in [1.54, 1.807) is 26.2 Å². The van der Waals surface area contributed by atoms with Crippen molar-refractivity contribution in [1.29, 1.82) is 0 Å². The van der Waals surface area contributed by atoms with Crippen LogP contribution in [-0.2, 0) is 11.5 Å². The predicted molar refractivity (Wildman–Crippen MR) is 127 cm³/mol. The third-order valence-corrected chi connectivity index (χ3v) is 4.99. The van der Waals surface area contributed by atoms with E-state index in [4.69, 9.17) is 9.56 Å². The molecule has 2 rings (SSSR count). The van der Waals surface area contributed by atoms with Crippen LogP contribution in [0, 0.1) is 12.3 Å². The van der Waals surface area contributed by atoms with E-state index in [2.05, 4.69) is 21.6 Å². The number of furan rings is 1. The van der Waals surface area contributed by atoms with Crippen molar-refractivity contribution < 1.29 is 18.9 Å². The van der Waals surface area contributed by atoms with Crippen molar-refractivity contribution in [1.82, 2.24) is 10.2 Å². The number of benzene rings is 1. The number of aryl methyl sites for hydroxylation is 1. The minimum absolute atomic E-state index is 0.0492. The van der Waals surface area contributed by atoms with E-state index in [0.29, 0.717) is 5.76 Å². The third kappa shape index (κ3) is 6.28. The topological polar surface area (TPSA) is 139 Å². The number of amidine groups is 1. The standard InChI is InChI=1S/C22H31N5O4S/c1-13-11-12-17(31-13)19(22(3,4)5)24-14(2)20(26-32(23)30)25-16-10-8-9-15(18(16)28)21(29)27(6)7/h8-12,19,24,28H,2,23H2,1,3-7H3,(H,25,26)/t19-,32?/m0/s1. The maximum absolute atomic E-state index is 12.3. The molecule has 1 heterocycles. The summed E-state index contributed by atoms with van der Waals surface area (Å²) >= 11 is -2.05.